The van der Waals surface area contributed by atoms with Crippen LogP contribution in [0.4, 0.5) is 0 Å². The number of carbonyl (C=O) groups is 4. The molecule has 0 unspecified atom stereocenters. The van der Waals surface area contributed by atoms with Crippen LogP contribution in [-0.2, 0) is 16.6 Å². The summed E-state index contributed by atoms with van der Waals surface area (Å²) in [5, 5.41) is 45.1. The van der Waals surface area contributed by atoms with Gasteiger partial charge in [0.1, 0.15) is 35.3 Å². The highest BCUT2D eigenvalue weighted by Gasteiger charge is 2.62. The van der Waals surface area contributed by atoms with Gasteiger partial charge in [-0.05, 0) is 40.4 Å². The van der Waals surface area contributed by atoms with Crippen molar-refractivity contribution in [2.75, 3.05) is 12.6 Å². The zero-order valence-corrected chi connectivity index (χ0v) is 23.8. The number of hydrogen-bond donors (Lipinski definition) is 5. The Labute approximate surface area is 252 Å². The third-order valence-corrected chi connectivity index (χ3v) is 9.06. The highest BCUT2D eigenvalue weighted by atomic mass is 79.9. The van der Waals surface area contributed by atoms with Gasteiger partial charge in [0.15, 0.2) is 23.1 Å². The zero-order chi connectivity index (χ0) is 31.2. The Bertz CT molecular complexity index is 2180. The number of benzene rings is 2. The number of fused-ring (bicyclic) bond motifs is 5. The van der Waals surface area contributed by atoms with Crippen LogP contribution in [0.15, 0.2) is 44.9 Å². The first-order valence-electron chi connectivity index (χ1n) is 12.8. The largest absolute Gasteiger partial charge is 0.507 e. The van der Waals surface area contributed by atoms with Gasteiger partial charge in [-0.15, -0.1) is 10.2 Å². The van der Waals surface area contributed by atoms with Gasteiger partial charge >= 0.3 is 0 Å². The minimum Gasteiger partial charge on any atom is -0.507 e. The number of phenols is 3. The Kier molecular flexibility index (Phi) is 5.68. The molecule has 2 heterocycles. The second kappa shape index (κ2) is 9.18. The molecule has 0 radical (unpaired) electrons. The van der Waals surface area contributed by atoms with Gasteiger partial charge in [0, 0.05) is 21.5 Å². The van der Waals surface area contributed by atoms with Gasteiger partial charge < -0.3 is 25.0 Å². The number of halogens is 1. The van der Waals surface area contributed by atoms with Crippen molar-refractivity contribution in [2.45, 2.75) is 18.3 Å². The summed E-state index contributed by atoms with van der Waals surface area (Å²) < 4.78 is 6.59. The highest BCUT2D eigenvalue weighted by Crippen LogP contribution is 2.58. The molecular formula is C28H17BrN6O9. The molecule has 7 rings (SSSR count). The second-order valence-electron chi connectivity index (χ2n) is 10.3. The van der Waals surface area contributed by atoms with Crippen molar-refractivity contribution in [1.82, 2.24) is 19.9 Å². The van der Waals surface area contributed by atoms with E-state index in [1.54, 1.807) is 0 Å². The van der Waals surface area contributed by atoms with E-state index >= 15 is 0 Å². The number of aromatic nitrogens is 4. The maximum atomic E-state index is 14.2. The molecule has 4 aromatic rings. The lowest BCUT2D eigenvalue weighted by Crippen LogP contribution is -2.36. The van der Waals surface area contributed by atoms with E-state index < -0.39 is 79.4 Å². The SMILES string of the molecule is COC1=CC(=O)c2c(O)c3c(c(O)c2C1=O)C(=O)[C@]1(CCc2c1c(O)c1c(=O)[nH]c(C=NNn4cnnc4)cc1c2Br)C3=O. The predicted octanol–water partition coefficient (Wildman–Crippen LogP) is 1.75. The fraction of sp³-hybridized carbons (Fsp3) is 0.143. The first kappa shape index (κ1) is 27.2. The molecular weight excluding hydrogens is 644 g/mol. The number of ketones is 4. The van der Waals surface area contributed by atoms with Crippen molar-refractivity contribution >= 4 is 56.0 Å². The number of Topliss-reactive ketones (excluding diaryl/α,β-unsaturated/α-hetero) is 3. The number of nitrogens with zero attached hydrogens (tertiary/aromatic N) is 4. The van der Waals surface area contributed by atoms with Crippen molar-refractivity contribution in [3.05, 3.63) is 84.5 Å². The minimum absolute atomic E-state index is 0.0742. The number of nitrogens with one attached hydrogen (secondary N) is 2. The number of ether oxygens (including phenoxy) is 1. The molecule has 0 amide bonds. The first-order chi connectivity index (χ1) is 21.0. The van der Waals surface area contributed by atoms with Gasteiger partial charge in [-0.1, -0.05) is 0 Å². The average molecular weight is 661 g/mol. The van der Waals surface area contributed by atoms with Crippen molar-refractivity contribution in [3.8, 4) is 17.2 Å². The van der Waals surface area contributed by atoms with E-state index in [-0.39, 0.29) is 34.9 Å². The summed E-state index contributed by atoms with van der Waals surface area (Å²) in [5.41, 5.74) is -2.51. The summed E-state index contributed by atoms with van der Waals surface area (Å²) in [6.07, 6.45) is 4.71. The smallest absolute Gasteiger partial charge is 0.260 e. The molecule has 44 heavy (non-hydrogen) atoms. The number of hydrazone groups is 1. The summed E-state index contributed by atoms with van der Waals surface area (Å²) >= 11 is 3.48. The van der Waals surface area contributed by atoms with Gasteiger partial charge in [0.2, 0.25) is 5.78 Å². The second-order valence-corrected chi connectivity index (χ2v) is 11.0. The van der Waals surface area contributed by atoms with Crippen LogP contribution in [0.2, 0.25) is 0 Å². The topological polar surface area (TPSA) is 226 Å². The van der Waals surface area contributed by atoms with Gasteiger partial charge in [-0.3, -0.25) is 24.0 Å². The van der Waals surface area contributed by atoms with Crippen molar-refractivity contribution in [3.63, 3.8) is 0 Å². The van der Waals surface area contributed by atoms with E-state index in [9.17, 15) is 39.3 Å². The molecule has 15 nitrogen and oxygen atoms in total. The predicted molar refractivity (Wildman–Crippen MR) is 153 cm³/mol. The number of rotatable bonds is 4. The van der Waals surface area contributed by atoms with Crippen LogP contribution in [0.25, 0.3) is 10.8 Å². The first-order valence-corrected chi connectivity index (χ1v) is 13.6. The molecule has 2 aromatic carbocycles. The molecule has 1 atom stereocenters. The number of aromatic hydroxyl groups is 3. The number of hydrogen-bond acceptors (Lipinski definition) is 13. The quantitative estimate of drug-likeness (QED) is 0.0913. The molecule has 5 N–H and O–H groups in total. The highest BCUT2D eigenvalue weighted by molar-refractivity contribution is 9.10. The fourth-order valence-corrected chi connectivity index (χ4v) is 7.00. The number of H-pyrrole nitrogens is 1. The number of aromatic amines is 1. The molecule has 0 saturated heterocycles. The Balaban J connectivity index is 1.41. The monoisotopic (exact) mass is 660 g/mol. The van der Waals surface area contributed by atoms with Crippen LogP contribution in [-0.4, -0.2) is 71.6 Å². The fourth-order valence-electron chi connectivity index (χ4n) is 6.29. The summed E-state index contributed by atoms with van der Waals surface area (Å²) in [7, 11) is 1.13. The Morgan fingerprint density at radius 1 is 1.02 bits per heavy atom. The van der Waals surface area contributed by atoms with Crippen LogP contribution >= 0.6 is 15.9 Å². The van der Waals surface area contributed by atoms with Gasteiger partial charge in [-0.2, -0.15) is 5.10 Å². The molecule has 0 saturated carbocycles. The summed E-state index contributed by atoms with van der Waals surface area (Å²) in [6.45, 7) is 0. The van der Waals surface area contributed by atoms with Crippen LogP contribution in [0.5, 0.6) is 17.2 Å². The third-order valence-electron chi connectivity index (χ3n) is 8.16. The van der Waals surface area contributed by atoms with Crippen LogP contribution in [0.3, 0.4) is 0 Å². The van der Waals surface area contributed by atoms with Gasteiger partial charge in [0.25, 0.3) is 5.56 Å². The van der Waals surface area contributed by atoms with Gasteiger partial charge in [0.05, 0.1) is 46.7 Å². The molecule has 2 aromatic heterocycles. The maximum Gasteiger partial charge on any atom is 0.260 e. The van der Waals surface area contributed by atoms with E-state index in [0.29, 0.717) is 10.0 Å². The lowest BCUT2D eigenvalue weighted by molar-refractivity contribution is 0.0790. The molecule has 16 heteroatoms. The summed E-state index contributed by atoms with van der Waals surface area (Å²) in [5.74, 6) is -6.85. The number of carbonyl (C=O) groups excluding carboxylic acids is 4. The van der Waals surface area contributed by atoms with Gasteiger partial charge in [-0.25, -0.2) is 10.2 Å². The normalized spacial score (nSPS) is 18.7. The molecule has 0 fully saturated rings. The maximum absolute atomic E-state index is 14.2. The minimum atomic E-state index is -2.16. The van der Waals surface area contributed by atoms with Crippen molar-refractivity contribution in [2.24, 2.45) is 5.10 Å². The standard InChI is InChI=1S/C28H17BrN6O9/c1-44-13-5-12(36)15-16(21(13)37)23(39)18-17(22(15)38)25(41)28(26(18)42)3-2-10-19(28)24(40)14-11(20(10)29)4-9(33-27(14)43)6-30-34-35-7-31-32-8-35/h4-8,34,38-40H,2-3H2,1H3,(H,33,43)/t28-/m0/s1. The Morgan fingerprint density at radius 2 is 1.68 bits per heavy atom. The van der Waals surface area contributed by atoms with Crippen LogP contribution in [0.1, 0.15) is 64.7 Å². The molecule has 3 aliphatic carbocycles. The van der Waals surface area contributed by atoms with Crippen LogP contribution < -0.4 is 11.1 Å². The average Bonchev–Trinajstić information content (AvgIpc) is 3.71. The molecule has 1 spiro atoms. The van der Waals surface area contributed by atoms with E-state index in [2.05, 4.69) is 41.7 Å². The van der Waals surface area contributed by atoms with Crippen LogP contribution in [0, 0.1) is 0 Å². The Morgan fingerprint density at radius 3 is 2.34 bits per heavy atom. The number of methoxy groups -OCH3 is 1. The number of pyridine rings is 1. The zero-order valence-electron chi connectivity index (χ0n) is 22.3. The molecule has 0 bridgehead atoms. The van der Waals surface area contributed by atoms with E-state index in [1.807, 2.05) is 0 Å². The van der Waals surface area contributed by atoms with Crippen molar-refractivity contribution < 1.29 is 39.2 Å². The van der Waals surface area contributed by atoms with E-state index in [0.717, 1.165) is 13.2 Å². The third kappa shape index (κ3) is 3.30. The summed E-state index contributed by atoms with van der Waals surface area (Å²) in [6, 6.07) is 1.53. The lowest BCUT2D eigenvalue weighted by atomic mass is 9.76. The number of allylic oxidation sites excluding steroid dienone is 2. The van der Waals surface area contributed by atoms with E-state index in [4.69, 9.17) is 4.74 Å². The molecule has 220 valence electrons. The van der Waals surface area contributed by atoms with Crippen molar-refractivity contribution in [1.29, 1.82) is 0 Å². The molecule has 0 aliphatic heterocycles. The number of phenolic OH excluding ortho intramolecular Hbond substituents is 3. The summed E-state index contributed by atoms with van der Waals surface area (Å²) in [4.78, 5) is 70.0. The lowest BCUT2D eigenvalue weighted by Gasteiger charge is -2.23. The molecule has 3 aliphatic rings. The Hall–Kier alpha value is -5.64. The van der Waals surface area contributed by atoms with E-state index in [1.165, 1.54) is 29.6 Å².